The van der Waals surface area contributed by atoms with Crippen molar-refractivity contribution >= 4 is 23.3 Å². The van der Waals surface area contributed by atoms with Gasteiger partial charge in [-0.15, -0.1) is 23.3 Å². The molecule has 0 amide bonds. The van der Waals surface area contributed by atoms with Gasteiger partial charge in [-0.1, -0.05) is 12.1 Å². The Morgan fingerprint density at radius 1 is 0.786 bits per heavy atom. The van der Waals surface area contributed by atoms with Crippen LogP contribution in [0.1, 0.15) is 0 Å². The Kier molecular flexibility index (Phi) is 5.11. The maximum absolute atomic E-state index is 4.03. The first-order valence-corrected chi connectivity index (χ1v) is 5.57. The number of hydrogen-bond acceptors (Lipinski definition) is 4. The summed E-state index contributed by atoms with van der Waals surface area (Å²) in [4.78, 5) is 8.07. The van der Waals surface area contributed by atoms with Crippen molar-refractivity contribution in [1.29, 1.82) is 0 Å². The summed E-state index contributed by atoms with van der Waals surface area (Å²) < 4.78 is 0. The molecule has 0 atom stereocenters. The molecule has 2 nitrogen and oxygen atoms in total. The molecule has 0 saturated heterocycles. The van der Waals surface area contributed by atoms with Crippen molar-refractivity contribution in [1.82, 2.24) is 9.97 Å². The zero-order valence-electron chi connectivity index (χ0n) is 7.41. The second-order valence-electron chi connectivity index (χ2n) is 2.48. The molecule has 0 fully saturated rings. The Hall–Kier alpha value is -1.00. The largest absolute Gasteiger partial charge is 0.264 e. The van der Waals surface area contributed by atoms with Gasteiger partial charge in [-0.2, -0.15) is 0 Å². The number of hydrogen-bond donors (Lipinski definition) is 2. The molecule has 0 unspecified atom stereocenters. The van der Waals surface area contributed by atoms with Crippen LogP contribution in [0.3, 0.4) is 0 Å². The molecule has 2 aromatic heterocycles. The zero-order chi connectivity index (χ0) is 10.2. The lowest BCUT2D eigenvalue weighted by Gasteiger charge is -1.97. The van der Waals surface area contributed by atoms with Crippen LogP contribution in [0.2, 0.25) is 0 Å². The molecule has 4 heteroatoms. The molecule has 0 spiro atoms. The van der Waals surface area contributed by atoms with Crippen molar-refractivity contribution < 1.29 is 0 Å². The van der Waals surface area contributed by atoms with Crippen LogP contribution >= 0.6 is 23.3 Å². The van der Waals surface area contributed by atoms with Crippen molar-refractivity contribution in [3.63, 3.8) is 0 Å². The summed E-state index contributed by atoms with van der Waals surface area (Å²) in [7, 11) is 0. The molecule has 0 bridgehead atoms. The molecule has 0 aromatic carbocycles. The van der Waals surface area contributed by atoms with Gasteiger partial charge in [0.15, 0.2) is 0 Å². The van der Waals surface area contributed by atoms with E-state index >= 15 is 0 Å². The molecule has 72 valence electrons. The molecule has 2 heterocycles. The van der Waals surface area contributed by atoms with Gasteiger partial charge in [0.1, 0.15) is 0 Å². The Morgan fingerprint density at radius 3 is 1.50 bits per heavy atom. The lowest BCUT2D eigenvalue weighted by molar-refractivity contribution is 1.30. The predicted molar refractivity (Wildman–Crippen MR) is 65.4 cm³/mol. The Morgan fingerprint density at radius 2 is 1.21 bits per heavy atom. The number of pyridine rings is 2. The highest BCUT2D eigenvalue weighted by molar-refractivity contribution is 8.59. The summed E-state index contributed by atoms with van der Waals surface area (Å²) in [6.45, 7) is 0. The van der Waals surface area contributed by atoms with Crippen molar-refractivity contribution in [2.75, 3.05) is 0 Å². The highest BCUT2D eigenvalue weighted by Crippen LogP contribution is 2.14. The smallest absolute Gasteiger partial charge is 0.0346 e. The molecule has 14 heavy (non-hydrogen) atoms. The van der Waals surface area contributed by atoms with E-state index in [1.807, 2.05) is 36.7 Å². The first-order valence-electron chi connectivity index (χ1n) is 3.97. The molecule has 0 aliphatic carbocycles. The van der Waals surface area contributed by atoms with Crippen molar-refractivity contribution in [2.45, 2.75) is 0 Å². The van der Waals surface area contributed by atoms with Gasteiger partial charge in [-0.3, -0.25) is 9.97 Å². The average Bonchev–Trinajstić information content (AvgIpc) is 2.34. The van der Waals surface area contributed by atoms with Crippen molar-refractivity contribution in [3.05, 3.63) is 49.1 Å². The van der Waals surface area contributed by atoms with E-state index in [2.05, 4.69) is 33.3 Å². The lowest BCUT2D eigenvalue weighted by Crippen LogP contribution is -1.79. The van der Waals surface area contributed by atoms with E-state index in [4.69, 9.17) is 0 Å². The van der Waals surface area contributed by atoms with Crippen molar-refractivity contribution in [2.24, 2.45) is 0 Å². The molecule has 0 N–H and O–H groups in total. The molecule has 0 aliphatic heterocycles. The summed E-state index contributed by atoms with van der Waals surface area (Å²) in [5.41, 5.74) is 2.20. The summed E-state index contributed by atoms with van der Waals surface area (Å²) in [6.07, 6.45) is 7.19. The van der Waals surface area contributed by atoms with Crippen LogP contribution in [-0.2, 0) is 0 Å². The van der Waals surface area contributed by atoms with Crippen LogP contribution in [0.15, 0.2) is 49.1 Å². The molecule has 2 rings (SSSR count). The van der Waals surface area contributed by atoms with Crippen LogP contribution in [0.4, 0.5) is 0 Å². The molecule has 0 radical (unpaired) electrons. The summed E-state index contributed by atoms with van der Waals surface area (Å²) >= 11 is 6.44. The molecule has 2 aromatic rings. The first-order chi connectivity index (χ1) is 6.97. The molecular formula is C10H10N2S2. The third-order valence-corrected chi connectivity index (χ3v) is 1.66. The fraction of sp³-hybridized carbons (Fsp3) is 0. The fourth-order valence-corrected chi connectivity index (χ4v) is 1.07. The van der Waals surface area contributed by atoms with Gasteiger partial charge in [-0.05, 0) is 12.1 Å². The van der Waals surface area contributed by atoms with Gasteiger partial charge in [0.05, 0.1) is 0 Å². The highest BCUT2D eigenvalue weighted by Gasteiger charge is 1.93. The third kappa shape index (κ3) is 3.05. The monoisotopic (exact) mass is 222 g/mol. The van der Waals surface area contributed by atoms with Gasteiger partial charge in [-0.25, -0.2) is 0 Å². The van der Waals surface area contributed by atoms with Gasteiger partial charge in [0.25, 0.3) is 0 Å². The average molecular weight is 222 g/mol. The van der Waals surface area contributed by atoms with Crippen molar-refractivity contribution in [3.8, 4) is 11.1 Å². The number of thiol groups is 2. The predicted octanol–water partition coefficient (Wildman–Crippen LogP) is 2.90. The SMILES string of the molecule is SS.c1cncc(-c2cccnc2)c1. The lowest BCUT2D eigenvalue weighted by atomic mass is 10.1. The van der Waals surface area contributed by atoms with E-state index in [1.165, 1.54) is 0 Å². The maximum atomic E-state index is 4.03. The Bertz CT molecular complexity index is 314. The maximum Gasteiger partial charge on any atom is 0.0346 e. The van der Waals surface area contributed by atoms with Crippen LogP contribution < -0.4 is 0 Å². The second kappa shape index (κ2) is 6.45. The first kappa shape index (κ1) is 11.1. The minimum Gasteiger partial charge on any atom is -0.264 e. The van der Waals surface area contributed by atoms with E-state index in [0.717, 1.165) is 11.1 Å². The Labute approximate surface area is 93.6 Å². The second-order valence-corrected chi connectivity index (χ2v) is 2.48. The van der Waals surface area contributed by atoms with Gasteiger partial charge < -0.3 is 0 Å². The normalized spacial score (nSPS) is 8.71. The standard InChI is InChI=1S/C10H8N2.H2S2/c1-3-9(7-11-5-1)10-4-2-6-12-8-10;1-2/h1-8H;1-2H. The minimum absolute atomic E-state index is 1.10. The quantitative estimate of drug-likeness (QED) is 0.573. The van der Waals surface area contributed by atoms with Gasteiger partial charge >= 0.3 is 0 Å². The fourth-order valence-electron chi connectivity index (χ4n) is 1.07. The summed E-state index contributed by atoms with van der Waals surface area (Å²) in [5, 5.41) is 0. The minimum atomic E-state index is 1.10. The Balaban J connectivity index is 0.000000461. The van der Waals surface area contributed by atoms with E-state index in [-0.39, 0.29) is 0 Å². The van der Waals surface area contributed by atoms with E-state index in [0.29, 0.717) is 0 Å². The van der Waals surface area contributed by atoms with Crippen LogP contribution in [0, 0.1) is 0 Å². The van der Waals surface area contributed by atoms with E-state index < -0.39 is 0 Å². The molecule has 0 aliphatic rings. The van der Waals surface area contributed by atoms with E-state index in [9.17, 15) is 0 Å². The molecular weight excluding hydrogens is 212 g/mol. The van der Waals surface area contributed by atoms with Crippen LogP contribution in [-0.4, -0.2) is 9.97 Å². The summed E-state index contributed by atoms with van der Waals surface area (Å²) in [6, 6.07) is 7.87. The van der Waals surface area contributed by atoms with Gasteiger partial charge in [0, 0.05) is 35.9 Å². The zero-order valence-corrected chi connectivity index (χ0v) is 9.20. The highest BCUT2D eigenvalue weighted by atomic mass is 33.1. The van der Waals surface area contributed by atoms with E-state index in [1.54, 1.807) is 12.4 Å². The number of nitrogens with zero attached hydrogens (tertiary/aromatic N) is 2. The number of aromatic nitrogens is 2. The summed E-state index contributed by atoms with van der Waals surface area (Å²) in [5.74, 6) is 0. The number of rotatable bonds is 1. The molecule has 0 saturated carbocycles. The van der Waals surface area contributed by atoms with Crippen LogP contribution in [0.25, 0.3) is 11.1 Å². The third-order valence-electron chi connectivity index (χ3n) is 1.66. The topological polar surface area (TPSA) is 25.8 Å². The van der Waals surface area contributed by atoms with Gasteiger partial charge in [0.2, 0.25) is 0 Å². The van der Waals surface area contributed by atoms with Crippen LogP contribution in [0.5, 0.6) is 0 Å².